The van der Waals surface area contributed by atoms with Crippen molar-refractivity contribution in [3.8, 4) is 11.5 Å². The van der Waals surface area contributed by atoms with Gasteiger partial charge >= 0.3 is 24.7 Å². The Morgan fingerprint density at radius 2 is 1.60 bits per heavy atom. The van der Waals surface area contributed by atoms with Crippen LogP contribution < -0.4 is 14.8 Å². The van der Waals surface area contributed by atoms with Gasteiger partial charge in [0, 0.05) is 30.7 Å². The molecule has 4 aromatic rings. The maximum absolute atomic E-state index is 15.2. The maximum Gasteiger partial charge on any atom is 0.461 e. The summed E-state index contributed by atoms with van der Waals surface area (Å²) in [7, 11) is 1.27. The zero-order valence-electron chi connectivity index (χ0n) is 26.9. The van der Waals surface area contributed by atoms with Gasteiger partial charge < -0.3 is 19.5 Å². The molecule has 17 heteroatoms. The summed E-state index contributed by atoms with van der Waals surface area (Å²) in [6, 6.07) is 11.8. The lowest BCUT2D eigenvalue weighted by molar-refractivity contribution is -0.253. The monoisotopic (exact) mass is 762 g/mol. The second-order valence-electron chi connectivity index (χ2n) is 11.3. The zero-order valence-corrected chi connectivity index (χ0v) is 27.6. The van der Waals surface area contributed by atoms with E-state index >= 15 is 4.39 Å². The van der Waals surface area contributed by atoms with Crippen molar-refractivity contribution in [2.45, 2.75) is 49.9 Å². The molecular weight excluding hydrogens is 735 g/mol. The lowest BCUT2D eigenvalue weighted by Crippen LogP contribution is -2.49. The van der Waals surface area contributed by atoms with Crippen LogP contribution in [-0.2, 0) is 27.7 Å². The van der Waals surface area contributed by atoms with Crippen LogP contribution in [0.1, 0.15) is 52.0 Å². The molecule has 1 N–H and O–H groups in total. The fourth-order valence-corrected chi connectivity index (χ4v) is 5.15. The Balaban J connectivity index is 1.83. The van der Waals surface area contributed by atoms with Gasteiger partial charge in [0.25, 0.3) is 5.91 Å². The van der Waals surface area contributed by atoms with Gasteiger partial charge in [0.05, 0.1) is 30.0 Å². The number of nitrogens with zero attached hydrogens (tertiary/aromatic N) is 1. The topological polar surface area (TPSA) is 86.8 Å². The van der Waals surface area contributed by atoms with Crippen LogP contribution in [0.2, 0.25) is 5.02 Å². The molecule has 1 atom stereocenters. The molecule has 0 aliphatic heterocycles. The summed E-state index contributed by atoms with van der Waals surface area (Å²) in [5.41, 5.74) is -4.90. The summed E-state index contributed by atoms with van der Waals surface area (Å²) in [5, 5.41) is 2.58. The summed E-state index contributed by atoms with van der Waals surface area (Å²) in [4.78, 5) is 29.3. The number of aromatic nitrogens is 1. The first-order chi connectivity index (χ1) is 24.4. The second kappa shape index (κ2) is 16.6. The SMILES string of the molecule is COC(=O)CCCCOc1ccc(C[C@](NC(=O)c2ccc(F)c(C(F)(F)F)c2)(c2cc(F)cc(OC(F)(F)C(F)F)c2)c2ccc(Cl)cn2)cc1. The minimum atomic E-state index is -5.20. The van der Waals surface area contributed by atoms with Gasteiger partial charge in [0.2, 0.25) is 0 Å². The van der Waals surface area contributed by atoms with Crippen LogP contribution in [0, 0.1) is 11.6 Å². The van der Waals surface area contributed by atoms with Crippen molar-refractivity contribution in [3.05, 3.63) is 124 Å². The number of unbranched alkanes of at least 4 members (excludes halogenated alkanes) is 1. The first-order valence-electron chi connectivity index (χ1n) is 15.2. The fourth-order valence-electron chi connectivity index (χ4n) is 5.04. The molecule has 1 heterocycles. The molecule has 7 nitrogen and oxygen atoms in total. The quantitative estimate of drug-likeness (QED) is 0.0740. The van der Waals surface area contributed by atoms with Gasteiger partial charge in [0.15, 0.2) is 0 Å². The van der Waals surface area contributed by atoms with Crippen molar-refractivity contribution < 1.29 is 63.3 Å². The van der Waals surface area contributed by atoms with Gasteiger partial charge in [-0.05, 0) is 78.6 Å². The van der Waals surface area contributed by atoms with Crippen molar-refractivity contribution in [1.29, 1.82) is 0 Å². The number of carbonyl (C=O) groups is 2. The Morgan fingerprint density at radius 3 is 2.21 bits per heavy atom. The number of amides is 1. The molecule has 3 aromatic carbocycles. The number of nitrogens with one attached hydrogen (secondary N) is 1. The number of pyridine rings is 1. The van der Waals surface area contributed by atoms with Crippen LogP contribution in [-0.4, -0.2) is 43.1 Å². The first kappa shape index (κ1) is 39.8. The van der Waals surface area contributed by atoms with E-state index in [0.29, 0.717) is 36.3 Å². The minimum Gasteiger partial charge on any atom is -0.494 e. The number of alkyl halides is 7. The van der Waals surface area contributed by atoms with E-state index in [9.17, 15) is 44.7 Å². The average molecular weight is 763 g/mol. The standard InChI is InChI=1S/C35H28ClF9N2O5/c1-50-30(48)4-2-3-13-51-25-9-5-20(6-10-25)18-33(29-12-8-23(36)19-46-29,22-15-24(37)17-26(16-22)52-35(44,45)32(39)40)47-31(49)21-7-11-28(38)27(14-21)34(41,42)43/h5-12,14-17,19,32H,2-4,13,18H2,1H3,(H,47,49)/t33-/m0/s1. The van der Waals surface area contributed by atoms with Gasteiger partial charge in [0.1, 0.15) is 28.7 Å². The molecule has 0 unspecified atom stereocenters. The van der Waals surface area contributed by atoms with E-state index < -0.39 is 70.7 Å². The maximum atomic E-state index is 15.2. The molecule has 278 valence electrons. The van der Waals surface area contributed by atoms with Crippen LogP contribution in [0.5, 0.6) is 11.5 Å². The summed E-state index contributed by atoms with van der Waals surface area (Å²) in [6.07, 6.45) is -12.7. The second-order valence-corrected chi connectivity index (χ2v) is 11.7. The van der Waals surface area contributed by atoms with E-state index in [4.69, 9.17) is 16.3 Å². The van der Waals surface area contributed by atoms with Crippen molar-refractivity contribution in [1.82, 2.24) is 10.3 Å². The number of methoxy groups -OCH3 is 1. The Kier molecular flexibility index (Phi) is 12.7. The van der Waals surface area contributed by atoms with Gasteiger partial charge in [-0.25, -0.2) is 8.78 Å². The molecule has 0 radical (unpaired) electrons. The molecule has 0 aliphatic carbocycles. The van der Waals surface area contributed by atoms with Crippen LogP contribution in [0.25, 0.3) is 0 Å². The molecule has 0 saturated heterocycles. The highest BCUT2D eigenvalue weighted by molar-refractivity contribution is 6.30. The van der Waals surface area contributed by atoms with Crippen LogP contribution in [0.3, 0.4) is 0 Å². The predicted octanol–water partition coefficient (Wildman–Crippen LogP) is 8.91. The minimum absolute atomic E-state index is 0.0743. The van der Waals surface area contributed by atoms with Crippen molar-refractivity contribution in [2.75, 3.05) is 13.7 Å². The largest absolute Gasteiger partial charge is 0.494 e. The van der Waals surface area contributed by atoms with E-state index in [-0.39, 0.29) is 35.8 Å². The molecular formula is C35H28ClF9N2O5. The number of ether oxygens (including phenoxy) is 3. The normalized spacial score (nSPS) is 13.0. The highest BCUT2D eigenvalue weighted by Gasteiger charge is 2.45. The third kappa shape index (κ3) is 10.1. The number of halogens is 10. The molecule has 0 fully saturated rings. The van der Waals surface area contributed by atoms with Crippen LogP contribution in [0.4, 0.5) is 39.5 Å². The van der Waals surface area contributed by atoms with E-state index in [2.05, 4.69) is 19.8 Å². The Labute approximate surface area is 295 Å². The number of hydrogen-bond donors (Lipinski definition) is 1. The summed E-state index contributed by atoms with van der Waals surface area (Å²) < 4.78 is 138. The Bertz CT molecular complexity index is 1860. The summed E-state index contributed by atoms with van der Waals surface area (Å²) >= 11 is 6.04. The van der Waals surface area contributed by atoms with Crippen LogP contribution >= 0.6 is 11.6 Å². The van der Waals surface area contributed by atoms with Gasteiger partial charge in [-0.2, -0.15) is 30.7 Å². The first-order valence-corrected chi connectivity index (χ1v) is 15.6. The molecule has 0 spiro atoms. The van der Waals surface area contributed by atoms with E-state index in [0.717, 1.165) is 24.4 Å². The van der Waals surface area contributed by atoms with E-state index in [1.807, 2.05) is 0 Å². The van der Waals surface area contributed by atoms with E-state index in [1.165, 1.54) is 43.5 Å². The predicted molar refractivity (Wildman–Crippen MR) is 168 cm³/mol. The summed E-state index contributed by atoms with van der Waals surface area (Å²) in [6.45, 7) is 0.220. The van der Waals surface area contributed by atoms with Crippen molar-refractivity contribution >= 4 is 23.5 Å². The molecule has 0 saturated carbocycles. The van der Waals surface area contributed by atoms with Crippen molar-refractivity contribution in [2.24, 2.45) is 0 Å². The van der Waals surface area contributed by atoms with Gasteiger partial charge in [-0.3, -0.25) is 14.6 Å². The molecule has 1 aromatic heterocycles. The molecule has 1 amide bonds. The highest BCUT2D eigenvalue weighted by atomic mass is 35.5. The third-order valence-corrected chi connectivity index (χ3v) is 7.79. The smallest absolute Gasteiger partial charge is 0.461 e. The number of carbonyl (C=O) groups excluding carboxylic acids is 2. The average Bonchev–Trinajstić information content (AvgIpc) is 3.07. The Hall–Kier alpha value is -4.99. The number of benzene rings is 3. The lowest BCUT2D eigenvalue weighted by Gasteiger charge is -2.36. The zero-order chi connectivity index (χ0) is 38.3. The summed E-state index contributed by atoms with van der Waals surface area (Å²) in [5.74, 6) is -5.35. The van der Waals surface area contributed by atoms with Gasteiger partial charge in [-0.15, -0.1) is 0 Å². The van der Waals surface area contributed by atoms with Crippen molar-refractivity contribution in [3.63, 3.8) is 0 Å². The van der Waals surface area contributed by atoms with E-state index in [1.54, 1.807) is 0 Å². The fraction of sp³-hybridized carbons (Fsp3) is 0.286. The highest BCUT2D eigenvalue weighted by Crippen LogP contribution is 2.38. The van der Waals surface area contributed by atoms with Gasteiger partial charge in [-0.1, -0.05) is 23.7 Å². The molecule has 4 rings (SSSR count). The number of hydrogen-bond acceptors (Lipinski definition) is 6. The third-order valence-electron chi connectivity index (χ3n) is 7.56. The lowest BCUT2D eigenvalue weighted by atomic mass is 9.80. The molecule has 0 bridgehead atoms. The molecule has 52 heavy (non-hydrogen) atoms. The number of esters is 1. The Morgan fingerprint density at radius 1 is 0.885 bits per heavy atom. The molecule has 0 aliphatic rings. The number of rotatable bonds is 15. The van der Waals surface area contributed by atoms with Crippen LogP contribution in [0.15, 0.2) is 79.0 Å².